The van der Waals surface area contributed by atoms with Crippen molar-refractivity contribution < 1.29 is 24.2 Å². The van der Waals surface area contributed by atoms with Gasteiger partial charge in [-0.3, -0.25) is 14.4 Å². The minimum Gasteiger partial charge on any atom is -0.508 e. The summed E-state index contributed by atoms with van der Waals surface area (Å²) >= 11 is 0. The maximum Gasteiger partial charge on any atom is 0.245 e. The molecular weight excluding hydrogens is 592 g/mol. The molecule has 0 radical (unpaired) electrons. The second-order valence-electron chi connectivity index (χ2n) is 12.3. The quantitative estimate of drug-likeness (QED) is 0.164. The summed E-state index contributed by atoms with van der Waals surface area (Å²) in [7, 11) is 0. The van der Waals surface area contributed by atoms with Crippen LogP contribution in [0.4, 0.5) is 0 Å². The molecule has 3 amide bonds. The Morgan fingerprint density at radius 3 is 2.23 bits per heavy atom. The predicted octanol–water partition coefficient (Wildman–Crippen LogP) is 4.25. The van der Waals surface area contributed by atoms with Crippen LogP contribution >= 0.6 is 0 Å². The van der Waals surface area contributed by atoms with E-state index in [2.05, 4.69) is 41.0 Å². The van der Waals surface area contributed by atoms with Crippen molar-refractivity contribution in [3.8, 4) is 5.75 Å². The van der Waals surface area contributed by atoms with Crippen LogP contribution in [0.1, 0.15) is 42.9 Å². The molecule has 0 aliphatic carbocycles. The Bertz CT molecular complexity index is 1650. The van der Waals surface area contributed by atoms with E-state index in [1.54, 1.807) is 12.1 Å². The summed E-state index contributed by atoms with van der Waals surface area (Å²) in [6, 6.07) is 28.7. The van der Waals surface area contributed by atoms with Gasteiger partial charge in [-0.05, 0) is 71.5 Å². The molecular formula is C38H44N4O5. The molecule has 5 N–H and O–H groups in total. The fourth-order valence-electron chi connectivity index (χ4n) is 6.28. The third kappa shape index (κ3) is 9.40. The van der Waals surface area contributed by atoms with Gasteiger partial charge in [-0.15, -0.1) is 0 Å². The molecule has 1 unspecified atom stereocenters. The predicted molar refractivity (Wildman–Crippen MR) is 182 cm³/mol. The van der Waals surface area contributed by atoms with E-state index in [0.717, 1.165) is 34.9 Å². The summed E-state index contributed by atoms with van der Waals surface area (Å²) in [6.07, 6.45) is 2.51. The molecule has 1 aliphatic heterocycles. The number of nitrogens with two attached hydrogens (primary N) is 1. The average molecular weight is 637 g/mol. The Kier molecular flexibility index (Phi) is 11.6. The largest absolute Gasteiger partial charge is 0.508 e. The van der Waals surface area contributed by atoms with E-state index in [4.69, 9.17) is 10.5 Å². The highest BCUT2D eigenvalue weighted by molar-refractivity contribution is 5.92. The molecule has 1 fully saturated rings. The van der Waals surface area contributed by atoms with E-state index >= 15 is 0 Å². The number of carbonyl (C=O) groups is 3. The van der Waals surface area contributed by atoms with Crippen LogP contribution in [-0.4, -0.2) is 65.0 Å². The minimum absolute atomic E-state index is 0.0778. The summed E-state index contributed by atoms with van der Waals surface area (Å²) in [6.45, 7) is 2.71. The number of aromatic hydroxyl groups is 1. The number of rotatable bonds is 14. The van der Waals surface area contributed by atoms with Crippen molar-refractivity contribution in [1.82, 2.24) is 15.5 Å². The molecule has 0 aromatic heterocycles. The number of phenolic OH excluding ortho intramolecular Hbond substituents is 1. The molecule has 246 valence electrons. The number of hydrogen-bond acceptors (Lipinski definition) is 6. The number of likely N-dealkylation sites (tertiary alicyclic amines) is 1. The molecule has 1 heterocycles. The second-order valence-corrected chi connectivity index (χ2v) is 12.3. The Hall–Kier alpha value is -4.73. The van der Waals surface area contributed by atoms with Gasteiger partial charge < -0.3 is 31.1 Å². The van der Waals surface area contributed by atoms with Gasteiger partial charge in [0.05, 0.1) is 12.7 Å². The van der Waals surface area contributed by atoms with Crippen LogP contribution in [0.25, 0.3) is 10.8 Å². The fourth-order valence-corrected chi connectivity index (χ4v) is 6.28. The molecule has 9 nitrogen and oxygen atoms in total. The van der Waals surface area contributed by atoms with Gasteiger partial charge in [-0.2, -0.15) is 0 Å². The number of nitrogens with zero attached hydrogens (tertiary/aromatic N) is 1. The average Bonchev–Trinajstić information content (AvgIpc) is 3.49. The summed E-state index contributed by atoms with van der Waals surface area (Å²) in [5.41, 5.74) is 8.61. The maximum absolute atomic E-state index is 14.4. The zero-order valence-electron chi connectivity index (χ0n) is 26.8. The van der Waals surface area contributed by atoms with Crippen LogP contribution in [0, 0.1) is 0 Å². The lowest BCUT2D eigenvalue weighted by atomic mass is 10.0. The molecule has 1 aliphatic rings. The number of fused-ring (bicyclic) bond motifs is 1. The van der Waals surface area contributed by atoms with E-state index in [9.17, 15) is 19.5 Å². The first-order valence-corrected chi connectivity index (χ1v) is 16.3. The number of carbonyl (C=O) groups excluding carboxylic acids is 3. The zero-order chi connectivity index (χ0) is 33.2. The van der Waals surface area contributed by atoms with Crippen LogP contribution in [0.15, 0.2) is 97.1 Å². The van der Waals surface area contributed by atoms with Crippen molar-refractivity contribution in [2.45, 2.75) is 69.9 Å². The van der Waals surface area contributed by atoms with Crippen molar-refractivity contribution in [1.29, 1.82) is 0 Å². The van der Waals surface area contributed by atoms with Crippen LogP contribution in [0.3, 0.4) is 0 Å². The summed E-state index contributed by atoms with van der Waals surface area (Å²) in [5.74, 6) is -0.892. The first-order valence-electron chi connectivity index (χ1n) is 16.3. The van der Waals surface area contributed by atoms with Crippen molar-refractivity contribution in [2.24, 2.45) is 5.73 Å². The van der Waals surface area contributed by atoms with Gasteiger partial charge >= 0.3 is 0 Å². The summed E-state index contributed by atoms with van der Waals surface area (Å²) < 4.78 is 6.39. The highest BCUT2D eigenvalue weighted by Crippen LogP contribution is 2.27. The lowest BCUT2D eigenvalue weighted by Gasteiger charge is -2.30. The first-order chi connectivity index (χ1) is 22.8. The standard InChI is InChI=1S/C38H44N4O5/c1-26(43)40-35(21-28-14-17-33(44)18-15-28)37(45)41-36(22-27-8-3-2-4-9-27)38(46)42-24-34(23-32(42)12-7-19-39)47-25-29-13-16-30-10-5-6-11-31(30)20-29/h2-6,8-11,13-18,20,32,34-36,44H,7,12,19,21-25,39H2,1H3,(H,40,43)(H,41,45)/t32-,34+,35-,36?/m0/s1. The molecule has 5 rings (SSSR count). The zero-order valence-corrected chi connectivity index (χ0v) is 26.8. The molecule has 1 saturated heterocycles. The number of hydrogen-bond donors (Lipinski definition) is 4. The first kappa shape index (κ1) is 33.6. The SMILES string of the molecule is CC(=O)N[C@@H](Cc1ccc(O)cc1)C(=O)NC(Cc1ccccc1)C(=O)N1C[C@H](OCc2ccc3ccccc3c2)C[C@@H]1CCCN. The second kappa shape index (κ2) is 16.2. The van der Waals surface area contributed by atoms with Crippen LogP contribution in [0.2, 0.25) is 0 Å². The van der Waals surface area contributed by atoms with Gasteiger partial charge in [-0.25, -0.2) is 0 Å². The highest BCUT2D eigenvalue weighted by Gasteiger charge is 2.39. The monoisotopic (exact) mass is 636 g/mol. The molecule has 4 aromatic carbocycles. The van der Waals surface area contributed by atoms with Crippen molar-refractivity contribution >= 4 is 28.5 Å². The number of benzene rings is 4. The van der Waals surface area contributed by atoms with Gasteiger partial charge in [0, 0.05) is 32.4 Å². The minimum atomic E-state index is -0.909. The maximum atomic E-state index is 14.4. The Labute approximate surface area is 276 Å². The number of ether oxygens (including phenoxy) is 1. The Morgan fingerprint density at radius 2 is 1.51 bits per heavy atom. The number of nitrogens with one attached hydrogen (secondary N) is 2. The van der Waals surface area contributed by atoms with E-state index in [1.807, 2.05) is 47.4 Å². The van der Waals surface area contributed by atoms with E-state index < -0.39 is 18.0 Å². The number of amides is 3. The van der Waals surface area contributed by atoms with E-state index in [-0.39, 0.29) is 36.1 Å². The van der Waals surface area contributed by atoms with E-state index in [1.165, 1.54) is 24.4 Å². The van der Waals surface area contributed by atoms with Crippen LogP contribution in [0.5, 0.6) is 5.75 Å². The topological polar surface area (TPSA) is 134 Å². The van der Waals surface area contributed by atoms with Gasteiger partial charge in [0.15, 0.2) is 0 Å². The van der Waals surface area contributed by atoms with Crippen molar-refractivity contribution in [2.75, 3.05) is 13.1 Å². The van der Waals surface area contributed by atoms with Crippen LogP contribution < -0.4 is 16.4 Å². The highest BCUT2D eigenvalue weighted by atomic mass is 16.5. The lowest BCUT2D eigenvalue weighted by Crippen LogP contribution is -2.56. The molecule has 0 spiro atoms. The van der Waals surface area contributed by atoms with Gasteiger partial charge in [0.2, 0.25) is 17.7 Å². The normalized spacial score (nSPS) is 17.3. The molecule has 4 aromatic rings. The lowest BCUT2D eigenvalue weighted by molar-refractivity contribution is -0.138. The fraction of sp³-hybridized carbons (Fsp3) is 0.342. The van der Waals surface area contributed by atoms with Crippen molar-refractivity contribution in [3.63, 3.8) is 0 Å². The van der Waals surface area contributed by atoms with Gasteiger partial charge in [-0.1, -0.05) is 78.9 Å². The van der Waals surface area contributed by atoms with E-state index in [0.29, 0.717) is 32.5 Å². The van der Waals surface area contributed by atoms with Crippen LogP contribution in [-0.2, 0) is 38.6 Å². The third-order valence-electron chi connectivity index (χ3n) is 8.67. The molecule has 0 saturated carbocycles. The van der Waals surface area contributed by atoms with Gasteiger partial charge in [0.1, 0.15) is 17.8 Å². The van der Waals surface area contributed by atoms with Gasteiger partial charge in [0.25, 0.3) is 0 Å². The van der Waals surface area contributed by atoms with Crippen molar-refractivity contribution in [3.05, 3.63) is 114 Å². The third-order valence-corrected chi connectivity index (χ3v) is 8.67. The summed E-state index contributed by atoms with van der Waals surface area (Å²) in [4.78, 5) is 42.1. The Morgan fingerprint density at radius 1 is 0.851 bits per heavy atom. The Balaban J connectivity index is 1.33. The number of phenols is 1. The smallest absolute Gasteiger partial charge is 0.245 e. The molecule has 4 atom stereocenters. The molecule has 47 heavy (non-hydrogen) atoms. The molecule has 9 heteroatoms. The molecule has 0 bridgehead atoms. The summed E-state index contributed by atoms with van der Waals surface area (Å²) in [5, 5.41) is 17.7.